The SMILES string of the molecule is C[C@@H]1NC(=S)N(CCc2ccccc2F)C1=O. The summed E-state index contributed by atoms with van der Waals surface area (Å²) in [6.45, 7) is 2.17. The number of nitrogens with one attached hydrogen (secondary N) is 1. The van der Waals surface area contributed by atoms with Crippen LogP contribution in [0.2, 0.25) is 0 Å². The minimum Gasteiger partial charge on any atom is -0.351 e. The highest BCUT2D eigenvalue weighted by molar-refractivity contribution is 7.80. The second-order valence-corrected chi connectivity index (χ2v) is 4.39. The molecule has 3 nitrogen and oxygen atoms in total. The van der Waals surface area contributed by atoms with Gasteiger partial charge < -0.3 is 5.32 Å². The lowest BCUT2D eigenvalue weighted by Gasteiger charge is -2.14. The highest BCUT2D eigenvalue weighted by atomic mass is 32.1. The molecule has 0 spiro atoms. The molecule has 17 heavy (non-hydrogen) atoms. The minimum atomic E-state index is -0.275. The molecule has 1 aliphatic heterocycles. The maximum atomic E-state index is 13.4. The van der Waals surface area contributed by atoms with E-state index in [1.54, 1.807) is 25.1 Å². The van der Waals surface area contributed by atoms with E-state index in [1.165, 1.54) is 11.0 Å². The van der Waals surface area contributed by atoms with Crippen molar-refractivity contribution in [3.63, 3.8) is 0 Å². The lowest BCUT2D eigenvalue weighted by molar-refractivity contribution is -0.126. The fourth-order valence-electron chi connectivity index (χ4n) is 1.80. The second-order valence-electron chi connectivity index (χ2n) is 4.00. The zero-order valence-electron chi connectivity index (χ0n) is 9.44. The number of halogens is 1. The van der Waals surface area contributed by atoms with E-state index in [-0.39, 0.29) is 17.8 Å². The summed E-state index contributed by atoms with van der Waals surface area (Å²) in [5.74, 6) is -0.294. The molecule has 0 unspecified atom stereocenters. The molecule has 0 saturated carbocycles. The van der Waals surface area contributed by atoms with Crippen molar-refractivity contribution in [2.75, 3.05) is 6.54 Å². The van der Waals surface area contributed by atoms with E-state index in [0.717, 1.165) is 0 Å². The fraction of sp³-hybridized carbons (Fsp3) is 0.333. The number of nitrogens with zero attached hydrogens (tertiary/aromatic N) is 1. The molecule has 1 aromatic rings. The summed E-state index contributed by atoms with van der Waals surface area (Å²) in [6, 6.07) is 6.29. The van der Waals surface area contributed by atoms with Crippen LogP contribution in [0.5, 0.6) is 0 Å². The maximum absolute atomic E-state index is 13.4. The number of hydrogen-bond acceptors (Lipinski definition) is 2. The Hall–Kier alpha value is -1.49. The van der Waals surface area contributed by atoms with Crippen molar-refractivity contribution >= 4 is 23.2 Å². The van der Waals surface area contributed by atoms with Gasteiger partial charge >= 0.3 is 0 Å². The van der Waals surface area contributed by atoms with Crippen LogP contribution in [0, 0.1) is 5.82 Å². The molecule has 0 aliphatic carbocycles. The van der Waals surface area contributed by atoms with Crippen molar-refractivity contribution in [2.24, 2.45) is 0 Å². The molecular formula is C12H13FN2OS. The Bertz CT molecular complexity index is 464. The first-order valence-electron chi connectivity index (χ1n) is 5.45. The quantitative estimate of drug-likeness (QED) is 0.827. The van der Waals surface area contributed by atoms with E-state index in [9.17, 15) is 9.18 Å². The van der Waals surface area contributed by atoms with Crippen molar-refractivity contribution in [3.8, 4) is 0 Å². The molecular weight excluding hydrogens is 239 g/mol. The van der Waals surface area contributed by atoms with Gasteiger partial charge in [-0.3, -0.25) is 9.69 Å². The summed E-state index contributed by atoms with van der Waals surface area (Å²) in [7, 11) is 0. The first-order chi connectivity index (χ1) is 8.09. The summed E-state index contributed by atoms with van der Waals surface area (Å²) in [6.07, 6.45) is 0.465. The molecule has 1 amide bonds. The third kappa shape index (κ3) is 2.44. The van der Waals surface area contributed by atoms with Crippen molar-refractivity contribution in [3.05, 3.63) is 35.6 Å². The zero-order valence-corrected chi connectivity index (χ0v) is 10.3. The Morgan fingerprint density at radius 2 is 2.18 bits per heavy atom. The average molecular weight is 252 g/mol. The van der Waals surface area contributed by atoms with Crippen molar-refractivity contribution < 1.29 is 9.18 Å². The Labute approximate surface area is 105 Å². The van der Waals surface area contributed by atoms with E-state index >= 15 is 0 Å². The third-order valence-electron chi connectivity index (χ3n) is 2.78. The number of thiocarbonyl (C=S) groups is 1. The Balaban J connectivity index is 2.02. The standard InChI is InChI=1S/C12H13FN2OS/c1-8-11(16)15(12(17)14-8)7-6-9-4-2-3-5-10(9)13/h2-5,8H,6-7H2,1H3,(H,14,17)/t8-/m0/s1. The highest BCUT2D eigenvalue weighted by Gasteiger charge is 2.31. The van der Waals surface area contributed by atoms with Gasteiger partial charge in [0.25, 0.3) is 5.91 Å². The highest BCUT2D eigenvalue weighted by Crippen LogP contribution is 2.11. The molecule has 1 aromatic carbocycles. The zero-order chi connectivity index (χ0) is 12.4. The van der Waals surface area contributed by atoms with E-state index in [2.05, 4.69) is 5.32 Å². The predicted molar refractivity (Wildman–Crippen MR) is 67.0 cm³/mol. The molecule has 0 radical (unpaired) electrons. The molecule has 1 fully saturated rings. The smallest absolute Gasteiger partial charge is 0.251 e. The monoisotopic (exact) mass is 252 g/mol. The fourth-order valence-corrected chi connectivity index (χ4v) is 2.16. The van der Waals surface area contributed by atoms with Gasteiger partial charge in [0, 0.05) is 6.54 Å². The van der Waals surface area contributed by atoms with E-state index in [0.29, 0.717) is 23.6 Å². The van der Waals surface area contributed by atoms with Gasteiger partial charge in [0.05, 0.1) is 0 Å². The molecule has 1 aliphatic rings. The van der Waals surface area contributed by atoms with Crippen LogP contribution in [0.1, 0.15) is 12.5 Å². The summed E-state index contributed by atoms with van der Waals surface area (Å²) in [4.78, 5) is 13.2. The number of benzene rings is 1. The number of carbonyl (C=O) groups excluding carboxylic acids is 1. The largest absolute Gasteiger partial charge is 0.351 e. The topological polar surface area (TPSA) is 32.3 Å². The number of rotatable bonds is 3. The van der Waals surface area contributed by atoms with Gasteiger partial charge in [-0.1, -0.05) is 18.2 Å². The van der Waals surface area contributed by atoms with Crippen LogP contribution in [0.25, 0.3) is 0 Å². The summed E-state index contributed by atoms with van der Waals surface area (Å²) < 4.78 is 13.4. The Morgan fingerprint density at radius 1 is 1.47 bits per heavy atom. The Kier molecular flexibility index (Phi) is 3.38. The van der Waals surface area contributed by atoms with E-state index in [1.807, 2.05) is 0 Å². The molecule has 5 heteroatoms. The summed E-state index contributed by atoms with van der Waals surface area (Å²) >= 11 is 5.04. The molecule has 1 atom stereocenters. The first kappa shape index (κ1) is 12.0. The van der Waals surface area contributed by atoms with Gasteiger partial charge in [-0.2, -0.15) is 0 Å². The van der Waals surface area contributed by atoms with Gasteiger partial charge in [0.15, 0.2) is 5.11 Å². The minimum absolute atomic E-state index is 0.0497. The summed E-state index contributed by atoms with van der Waals surface area (Å²) in [5, 5.41) is 3.31. The molecule has 1 saturated heterocycles. The van der Waals surface area contributed by atoms with Crippen LogP contribution in [0.3, 0.4) is 0 Å². The lowest BCUT2D eigenvalue weighted by Crippen LogP contribution is -2.33. The average Bonchev–Trinajstić information content (AvgIpc) is 2.53. The predicted octanol–water partition coefficient (Wildman–Crippen LogP) is 1.47. The summed E-state index contributed by atoms with van der Waals surface area (Å²) in [5.41, 5.74) is 0.600. The number of amides is 1. The Morgan fingerprint density at radius 3 is 2.76 bits per heavy atom. The van der Waals surface area contributed by atoms with Crippen LogP contribution in [-0.2, 0) is 11.2 Å². The molecule has 1 N–H and O–H groups in total. The van der Waals surface area contributed by atoms with Crippen LogP contribution >= 0.6 is 12.2 Å². The van der Waals surface area contributed by atoms with Crippen LogP contribution < -0.4 is 5.32 Å². The molecule has 0 bridgehead atoms. The van der Waals surface area contributed by atoms with Crippen LogP contribution in [-0.4, -0.2) is 28.5 Å². The lowest BCUT2D eigenvalue weighted by atomic mass is 10.1. The number of carbonyl (C=O) groups is 1. The van der Waals surface area contributed by atoms with Crippen LogP contribution in [0.4, 0.5) is 4.39 Å². The van der Waals surface area contributed by atoms with Gasteiger partial charge in [0.2, 0.25) is 0 Å². The van der Waals surface area contributed by atoms with Crippen molar-refractivity contribution in [1.82, 2.24) is 10.2 Å². The van der Waals surface area contributed by atoms with Gasteiger partial charge in [0.1, 0.15) is 11.9 Å². The second kappa shape index (κ2) is 4.79. The van der Waals surface area contributed by atoms with Crippen LogP contribution in [0.15, 0.2) is 24.3 Å². The first-order valence-corrected chi connectivity index (χ1v) is 5.85. The molecule has 2 rings (SSSR count). The van der Waals surface area contributed by atoms with Crippen molar-refractivity contribution in [1.29, 1.82) is 0 Å². The third-order valence-corrected chi connectivity index (χ3v) is 3.12. The molecule has 1 heterocycles. The molecule has 90 valence electrons. The van der Waals surface area contributed by atoms with E-state index < -0.39 is 0 Å². The normalized spacial score (nSPS) is 19.6. The van der Waals surface area contributed by atoms with Gasteiger partial charge in [-0.05, 0) is 37.2 Å². The van der Waals surface area contributed by atoms with E-state index in [4.69, 9.17) is 12.2 Å². The van der Waals surface area contributed by atoms with Gasteiger partial charge in [-0.25, -0.2) is 4.39 Å². The van der Waals surface area contributed by atoms with Gasteiger partial charge in [-0.15, -0.1) is 0 Å². The van der Waals surface area contributed by atoms with Crippen molar-refractivity contribution in [2.45, 2.75) is 19.4 Å². The number of hydrogen-bond donors (Lipinski definition) is 1. The maximum Gasteiger partial charge on any atom is 0.251 e. The molecule has 0 aromatic heterocycles.